The first-order valence-electron chi connectivity index (χ1n) is 8.57. The molecule has 0 radical (unpaired) electrons. The van der Waals surface area contributed by atoms with Crippen LogP contribution >= 0.6 is 0 Å². The third-order valence-corrected chi connectivity index (χ3v) is 4.70. The second kappa shape index (κ2) is 7.46. The molecule has 1 aliphatic carbocycles. The summed E-state index contributed by atoms with van der Waals surface area (Å²) >= 11 is 0. The molecule has 1 saturated heterocycles. The van der Waals surface area contributed by atoms with Gasteiger partial charge in [-0.2, -0.15) is 0 Å². The smallest absolute Gasteiger partial charge is 0.253 e. The Labute approximate surface area is 141 Å². The molecule has 3 rings (SSSR count). The molecule has 1 aliphatic heterocycles. The van der Waals surface area contributed by atoms with Crippen LogP contribution in [0.25, 0.3) is 0 Å². The number of aliphatic hydroxyl groups is 1. The van der Waals surface area contributed by atoms with E-state index in [1.165, 1.54) is 0 Å². The second-order valence-corrected chi connectivity index (χ2v) is 6.53. The van der Waals surface area contributed by atoms with Gasteiger partial charge in [-0.05, 0) is 25.3 Å². The summed E-state index contributed by atoms with van der Waals surface area (Å²) in [5.74, 6) is -0.147. The predicted octanol–water partition coefficient (Wildman–Crippen LogP) is 0.265. The van der Waals surface area contributed by atoms with Crippen molar-refractivity contribution in [3.8, 4) is 0 Å². The number of aromatic nitrogens is 1. The van der Waals surface area contributed by atoms with E-state index in [2.05, 4.69) is 15.2 Å². The molecular formula is C17H25N3O4. The number of fused-ring (bicyclic) bond motifs is 1. The molecule has 3 N–H and O–H groups in total. The molecule has 7 nitrogen and oxygen atoms in total. The number of carbonyl (C=O) groups is 2. The van der Waals surface area contributed by atoms with Crippen LogP contribution in [0.1, 0.15) is 44.9 Å². The Kier molecular flexibility index (Phi) is 5.33. The number of Topliss-reactive ketones (excluding diaryl/α,β-unsaturated/α-hetero) is 1. The van der Waals surface area contributed by atoms with Crippen LogP contribution < -0.4 is 5.32 Å². The van der Waals surface area contributed by atoms with Crippen LogP contribution in [0.15, 0.2) is 0 Å². The van der Waals surface area contributed by atoms with Crippen molar-refractivity contribution >= 4 is 11.7 Å². The number of aromatic amines is 1. The normalized spacial score (nSPS) is 19.8. The van der Waals surface area contributed by atoms with Gasteiger partial charge in [0.25, 0.3) is 5.91 Å². The molecule has 2 heterocycles. The molecule has 0 bridgehead atoms. The summed E-state index contributed by atoms with van der Waals surface area (Å²) < 4.78 is 5.28. The number of rotatable bonds is 5. The van der Waals surface area contributed by atoms with Gasteiger partial charge in [0.05, 0.1) is 30.6 Å². The first-order valence-corrected chi connectivity index (χ1v) is 8.57. The summed E-state index contributed by atoms with van der Waals surface area (Å²) in [5.41, 5.74) is 2.69. The second-order valence-electron chi connectivity index (χ2n) is 6.53. The van der Waals surface area contributed by atoms with Crippen LogP contribution in [0.5, 0.6) is 0 Å². The molecule has 1 amide bonds. The highest BCUT2D eigenvalue weighted by atomic mass is 16.5. The molecule has 1 aromatic heterocycles. The number of ketones is 1. The number of nitrogens with one attached hydrogen (secondary N) is 2. The monoisotopic (exact) mass is 335 g/mol. The van der Waals surface area contributed by atoms with Gasteiger partial charge in [-0.15, -0.1) is 0 Å². The molecule has 0 saturated carbocycles. The molecule has 2 aliphatic rings. The lowest BCUT2D eigenvalue weighted by molar-refractivity contribution is 0.0149. The number of nitrogens with zero attached hydrogens (tertiary/aromatic N) is 1. The van der Waals surface area contributed by atoms with E-state index in [0.29, 0.717) is 37.4 Å². The lowest BCUT2D eigenvalue weighted by Gasteiger charge is -2.28. The van der Waals surface area contributed by atoms with Crippen molar-refractivity contribution in [2.24, 2.45) is 0 Å². The van der Waals surface area contributed by atoms with Crippen molar-refractivity contribution in [3.63, 3.8) is 0 Å². The predicted molar refractivity (Wildman–Crippen MR) is 88.4 cm³/mol. The Morgan fingerprint density at radius 2 is 2.12 bits per heavy atom. The van der Waals surface area contributed by atoms with Crippen LogP contribution in [0.2, 0.25) is 0 Å². The zero-order chi connectivity index (χ0) is 17.1. The van der Waals surface area contributed by atoms with Gasteiger partial charge in [0.2, 0.25) is 0 Å². The number of morpholine rings is 1. The third-order valence-electron chi connectivity index (χ3n) is 4.70. The molecule has 1 atom stereocenters. The van der Waals surface area contributed by atoms with Crippen LogP contribution in [0.3, 0.4) is 0 Å². The van der Waals surface area contributed by atoms with Gasteiger partial charge in [0, 0.05) is 38.3 Å². The number of aryl methyl sites for hydroxylation is 1. The van der Waals surface area contributed by atoms with E-state index < -0.39 is 6.10 Å². The van der Waals surface area contributed by atoms with E-state index in [4.69, 9.17) is 4.74 Å². The van der Waals surface area contributed by atoms with Crippen molar-refractivity contribution < 1.29 is 19.4 Å². The average Bonchev–Trinajstić information content (AvgIpc) is 2.91. The van der Waals surface area contributed by atoms with E-state index in [9.17, 15) is 14.7 Å². The quantitative estimate of drug-likeness (QED) is 0.718. The van der Waals surface area contributed by atoms with Gasteiger partial charge in [0.1, 0.15) is 0 Å². The minimum atomic E-state index is -0.622. The van der Waals surface area contributed by atoms with Gasteiger partial charge < -0.3 is 20.1 Å². The Morgan fingerprint density at radius 3 is 2.88 bits per heavy atom. The van der Waals surface area contributed by atoms with E-state index in [1.54, 1.807) is 0 Å². The fourth-order valence-corrected chi connectivity index (χ4v) is 3.47. The number of aliphatic hydroxyl groups excluding tert-OH is 1. The Balaban J connectivity index is 1.58. The SMILES string of the molecule is Cc1[nH]c2c(c1C(=O)NCC(O)CN1CCOCC1)CCCC2=O. The van der Waals surface area contributed by atoms with Crippen molar-refractivity contribution in [2.45, 2.75) is 32.3 Å². The van der Waals surface area contributed by atoms with Crippen LogP contribution in [-0.4, -0.2) is 72.2 Å². The van der Waals surface area contributed by atoms with Gasteiger partial charge in [-0.25, -0.2) is 0 Å². The highest BCUT2D eigenvalue weighted by molar-refractivity contribution is 6.04. The molecule has 0 spiro atoms. The summed E-state index contributed by atoms with van der Waals surface area (Å²) in [7, 11) is 0. The number of β-amino-alcohol motifs (C(OH)–C–C–N with tert-alkyl or cyclic N) is 1. The number of carbonyl (C=O) groups excluding carboxylic acids is 2. The van der Waals surface area contributed by atoms with E-state index in [0.717, 1.165) is 37.2 Å². The number of hydrogen-bond acceptors (Lipinski definition) is 5. The van der Waals surface area contributed by atoms with Crippen molar-refractivity contribution in [2.75, 3.05) is 39.4 Å². The molecule has 1 unspecified atom stereocenters. The van der Waals surface area contributed by atoms with Crippen LogP contribution in [-0.2, 0) is 11.2 Å². The van der Waals surface area contributed by atoms with Crippen LogP contribution in [0, 0.1) is 6.92 Å². The minimum absolute atomic E-state index is 0.0748. The van der Waals surface area contributed by atoms with E-state index in [1.807, 2.05) is 6.92 Å². The third kappa shape index (κ3) is 3.68. The summed E-state index contributed by atoms with van der Waals surface area (Å²) in [6.45, 7) is 5.50. The Morgan fingerprint density at radius 1 is 1.38 bits per heavy atom. The standard InChI is InChI=1S/C17H25N3O4/c1-11-15(13-3-2-4-14(22)16(13)19-11)17(23)18-9-12(21)10-20-5-7-24-8-6-20/h12,19,21H,2-10H2,1H3,(H,18,23). The van der Waals surface area contributed by atoms with E-state index in [-0.39, 0.29) is 18.2 Å². The average molecular weight is 335 g/mol. The summed E-state index contributed by atoms with van der Waals surface area (Å²) in [6.07, 6.45) is 1.43. The maximum Gasteiger partial charge on any atom is 0.253 e. The summed E-state index contributed by atoms with van der Waals surface area (Å²) in [6, 6.07) is 0. The molecule has 1 aromatic rings. The summed E-state index contributed by atoms with van der Waals surface area (Å²) in [4.78, 5) is 29.6. The molecular weight excluding hydrogens is 310 g/mol. The summed E-state index contributed by atoms with van der Waals surface area (Å²) in [5, 5.41) is 12.9. The van der Waals surface area contributed by atoms with Gasteiger partial charge in [0.15, 0.2) is 5.78 Å². The number of H-pyrrole nitrogens is 1. The largest absolute Gasteiger partial charge is 0.390 e. The maximum atomic E-state index is 12.5. The Hall–Kier alpha value is -1.70. The fraction of sp³-hybridized carbons (Fsp3) is 0.647. The van der Waals surface area contributed by atoms with Gasteiger partial charge in [-0.1, -0.05) is 0 Å². The zero-order valence-corrected chi connectivity index (χ0v) is 14.1. The Bertz CT molecular complexity index is 620. The molecule has 7 heteroatoms. The van der Waals surface area contributed by atoms with E-state index >= 15 is 0 Å². The fourth-order valence-electron chi connectivity index (χ4n) is 3.47. The van der Waals surface area contributed by atoms with Crippen molar-refractivity contribution in [1.82, 2.24) is 15.2 Å². The number of ether oxygens (including phenoxy) is 1. The van der Waals surface area contributed by atoms with Gasteiger partial charge in [-0.3, -0.25) is 14.5 Å². The highest BCUT2D eigenvalue weighted by Gasteiger charge is 2.27. The molecule has 1 fully saturated rings. The first kappa shape index (κ1) is 17.1. The van der Waals surface area contributed by atoms with Gasteiger partial charge >= 0.3 is 0 Å². The lowest BCUT2D eigenvalue weighted by atomic mass is 9.93. The minimum Gasteiger partial charge on any atom is -0.390 e. The zero-order valence-electron chi connectivity index (χ0n) is 14.1. The van der Waals surface area contributed by atoms with Crippen molar-refractivity contribution in [1.29, 1.82) is 0 Å². The highest BCUT2D eigenvalue weighted by Crippen LogP contribution is 2.26. The molecule has 132 valence electrons. The maximum absolute atomic E-state index is 12.5. The van der Waals surface area contributed by atoms with Crippen molar-refractivity contribution in [3.05, 3.63) is 22.5 Å². The first-order chi connectivity index (χ1) is 11.6. The number of amides is 1. The molecule has 24 heavy (non-hydrogen) atoms. The van der Waals surface area contributed by atoms with Crippen LogP contribution in [0.4, 0.5) is 0 Å². The number of hydrogen-bond donors (Lipinski definition) is 3. The molecule has 0 aromatic carbocycles. The topological polar surface area (TPSA) is 94.7 Å². The lowest BCUT2D eigenvalue weighted by Crippen LogP contribution is -2.44.